The van der Waals surface area contributed by atoms with E-state index in [4.69, 9.17) is 0 Å². The average Bonchev–Trinajstić information content (AvgIpc) is 1.00. The fraction of sp³-hybridized carbons (Fsp3) is 1.00. The van der Waals surface area contributed by atoms with Crippen LogP contribution in [0.4, 0.5) is 0 Å². The van der Waals surface area contributed by atoms with Crippen molar-refractivity contribution in [3.63, 3.8) is 0 Å². The fourth-order valence-electron chi connectivity index (χ4n) is 0. The molecule has 0 heterocycles. The molecule has 0 aromatic rings. The minimum absolute atomic E-state index is 0. The molecule has 0 saturated heterocycles. The average molecular weight is 183 g/mol. The number of rotatable bonds is 0. The zero-order valence-electron chi connectivity index (χ0n) is 2.00. The maximum absolute atomic E-state index is 2.00. The molecule has 0 N–H and O–H groups in total. The SMILES string of the molecule is CC.[GeH4].[GeH4]. The summed E-state index contributed by atoms with van der Waals surface area (Å²) in [7, 11) is 0. The Bertz CT molecular complexity index is 4.00. The Balaban J connectivity index is -0.00000000500. The fourth-order valence-corrected chi connectivity index (χ4v) is 0. The van der Waals surface area contributed by atoms with Gasteiger partial charge in [-0.25, -0.2) is 0 Å². The molecule has 0 aliphatic carbocycles. The van der Waals surface area contributed by atoms with E-state index in [2.05, 4.69) is 0 Å². The monoisotopic (exact) mass is 186 g/mol. The van der Waals surface area contributed by atoms with Gasteiger partial charge in [-0.15, -0.1) is 0 Å². The van der Waals surface area contributed by atoms with Crippen LogP contribution >= 0.6 is 0 Å². The maximum atomic E-state index is 2.00. The Labute approximate surface area is 49.3 Å². The van der Waals surface area contributed by atoms with Gasteiger partial charge >= 0.3 is 35.2 Å². The van der Waals surface area contributed by atoms with Crippen molar-refractivity contribution in [1.82, 2.24) is 0 Å². The summed E-state index contributed by atoms with van der Waals surface area (Å²) in [6, 6.07) is 0. The molecule has 0 aromatic heterocycles. The van der Waals surface area contributed by atoms with Crippen molar-refractivity contribution in [2.75, 3.05) is 0 Å². The predicted molar refractivity (Wildman–Crippen MR) is 34.0 cm³/mol. The van der Waals surface area contributed by atoms with E-state index in [1.165, 1.54) is 0 Å². The molecule has 2 heteroatoms. The molecule has 0 unspecified atom stereocenters. The second-order valence-corrected chi connectivity index (χ2v) is 0. The Hall–Kier alpha value is 1.09. The molecule has 0 bridgehead atoms. The second-order valence-electron chi connectivity index (χ2n) is 0. The van der Waals surface area contributed by atoms with E-state index in [9.17, 15) is 0 Å². The zero-order chi connectivity index (χ0) is 2.00. The third-order valence-corrected chi connectivity index (χ3v) is 0. The van der Waals surface area contributed by atoms with Gasteiger partial charge in [-0.2, -0.15) is 0 Å². The van der Waals surface area contributed by atoms with Crippen molar-refractivity contribution in [3.8, 4) is 0 Å². The van der Waals surface area contributed by atoms with Crippen LogP contribution in [0.25, 0.3) is 0 Å². The van der Waals surface area contributed by atoms with Crippen molar-refractivity contribution in [2.45, 2.75) is 13.8 Å². The van der Waals surface area contributed by atoms with Crippen LogP contribution in [0.3, 0.4) is 0 Å². The Kier molecular flexibility index (Phi) is 161. The molecule has 0 radical (unpaired) electrons. The van der Waals surface area contributed by atoms with Gasteiger partial charge in [-0.05, 0) is 0 Å². The molecule has 0 aromatic carbocycles. The van der Waals surface area contributed by atoms with Crippen LogP contribution in [0.15, 0.2) is 0 Å². The molecule has 0 aliphatic heterocycles. The van der Waals surface area contributed by atoms with E-state index >= 15 is 0 Å². The molecule has 4 heavy (non-hydrogen) atoms. The van der Waals surface area contributed by atoms with Crippen LogP contribution < -0.4 is 0 Å². The minimum atomic E-state index is 0. The van der Waals surface area contributed by atoms with Crippen molar-refractivity contribution in [3.05, 3.63) is 0 Å². The van der Waals surface area contributed by atoms with Gasteiger partial charge in [0.05, 0.1) is 0 Å². The first kappa shape index (κ1) is 19.5. The van der Waals surface area contributed by atoms with Crippen LogP contribution in [0.1, 0.15) is 13.8 Å². The van der Waals surface area contributed by atoms with E-state index in [0.717, 1.165) is 0 Å². The van der Waals surface area contributed by atoms with Gasteiger partial charge in [0.1, 0.15) is 0 Å². The standard InChI is InChI=1S/C2H6.2GeH4/c1-2;;/h1-2H3;2*1H4. The molecule has 30 valence electrons. The van der Waals surface area contributed by atoms with Crippen LogP contribution in [0, 0.1) is 0 Å². The van der Waals surface area contributed by atoms with Crippen LogP contribution in [0.2, 0.25) is 0 Å². The molecule has 0 saturated carbocycles. The first-order valence-corrected chi connectivity index (χ1v) is 1.00. The van der Waals surface area contributed by atoms with Crippen LogP contribution in [0.5, 0.6) is 0 Å². The molecular weight excluding hydrogens is 169 g/mol. The van der Waals surface area contributed by atoms with Crippen molar-refractivity contribution in [2.24, 2.45) is 0 Å². The summed E-state index contributed by atoms with van der Waals surface area (Å²) in [5.41, 5.74) is 0. The topological polar surface area (TPSA) is 0 Å². The summed E-state index contributed by atoms with van der Waals surface area (Å²) in [4.78, 5) is 0. The second kappa shape index (κ2) is 33.0. The summed E-state index contributed by atoms with van der Waals surface area (Å²) in [5.74, 6) is 0. The summed E-state index contributed by atoms with van der Waals surface area (Å²) in [6.45, 7) is 4.00. The third-order valence-electron chi connectivity index (χ3n) is 0. The quantitative estimate of drug-likeness (QED) is 0.386. The van der Waals surface area contributed by atoms with E-state index in [1.54, 1.807) is 0 Å². The van der Waals surface area contributed by atoms with Gasteiger partial charge in [0.25, 0.3) is 0 Å². The molecule has 0 amide bonds. The summed E-state index contributed by atoms with van der Waals surface area (Å²) >= 11 is 0. The number of hydrogen-bond donors (Lipinski definition) is 0. The Morgan fingerprint density at radius 2 is 0.750 bits per heavy atom. The molecule has 0 fully saturated rings. The van der Waals surface area contributed by atoms with Gasteiger partial charge in [0, 0.05) is 0 Å². The molecule has 0 atom stereocenters. The first-order valence-electron chi connectivity index (χ1n) is 1.00. The molecular formula is C2H14Ge2. The normalized spacial score (nSPS) is 1.50. The van der Waals surface area contributed by atoms with E-state index in [1.807, 2.05) is 13.8 Å². The Morgan fingerprint density at radius 3 is 0.750 bits per heavy atom. The van der Waals surface area contributed by atoms with Crippen LogP contribution in [-0.4, -0.2) is 35.2 Å². The first-order chi connectivity index (χ1) is 1.00. The molecule has 0 spiro atoms. The molecule has 0 aliphatic rings. The van der Waals surface area contributed by atoms with Gasteiger partial charge in [0.15, 0.2) is 0 Å². The van der Waals surface area contributed by atoms with E-state index in [-0.39, 0.29) is 35.2 Å². The van der Waals surface area contributed by atoms with Crippen molar-refractivity contribution >= 4 is 35.2 Å². The summed E-state index contributed by atoms with van der Waals surface area (Å²) in [6.07, 6.45) is 0. The van der Waals surface area contributed by atoms with Crippen LogP contribution in [-0.2, 0) is 0 Å². The molecule has 0 nitrogen and oxygen atoms in total. The van der Waals surface area contributed by atoms with Gasteiger partial charge in [-0.1, -0.05) is 13.8 Å². The predicted octanol–water partition coefficient (Wildman–Crippen LogP) is -1.88. The van der Waals surface area contributed by atoms with Crippen molar-refractivity contribution < 1.29 is 0 Å². The van der Waals surface area contributed by atoms with Gasteiger partial charge in [-0.3, -0.25) is 0 Å². The van der Waals surface area contributed by atoms with Crippen molar-refractivity contribution in [1.29, 1.82) is 0 Å². The summed E-state index contributed by atoms with van der Waals surface area (Å²) in [5, 5.41) is 0. The Morgan fingerprint density at radius 1 is 0.750 bits per heavy atom. The van der Waals surface area contributed by atoms with Gasteiger partial charge < -0.3 is 0 Å². The van der Waals surface area contributed by atoms with E-state index < -0.39 is 0 Å². The third kappa shape index (κ3) is 11.4. The van der Waals surface area contributed by atoms with E-state index in [0.29, 0.717) is 0 Å². The summed E-state index contributed by atoms with van der Waals surface area (Å²) < 4.78 is 0. The zero-order valence-corrected chi connectivity index (χ0v) is 2.00. The molecule has 0 rings (SSSR count). The number of hydrogen-bond acceptors (Lipinski definition) is 0. The van der Waals surface area contributed by atoms with Gasteiger partial charge in [0.2, 0.25) is 0 Å².